The van der Waals surface area contributed by atoms with E-state index in [0.29, 0.717) is 11.6 Å². The Bertz CT molecular complexity index is 430. The zero-order valence-corrected chi connectivity index (χ0v) is 11.2. The van der Waals surface area contributed by atoms with Crippen LogP contribution in [0, 0.1) is 10.1 Å². The number of hydrogen-bond acceptors (Lipinski definition) is 6. The van der Waals surface area contributed by atoms with Crippen LogP contribution in [-0.2, 0) is 0 Å². The third kappa shape index (κ3) is 3.44. The molecule has 0 aliphatic carbocycles. The quantitative estimate of drug-likeness (QED) is 0.271. The summed E-state index contributed by atoms with van der Waals surface area (Å²) in [6, 6.07) is 0. The minimum absolute atomic E-state index is 0.0753. The van der Waals surface area contributed by atoms with E-state index in [0.717, 1.165) is 0 Å². The molecule has 1 atom stereocenters. The van der Waals surface area contributed by atoms with Crippen molar-refractivity contribution in [3.63, 3.8) is 0 Å². The Hall–Kier alpha value is -1.08. The third-order valence-electron chi connectivity index (χ3n) is 2.04. The lowest BCUT2D eigenvalue weighted by atomic mass is 10.3. The lowest BCUT2D eigenvalue weighted by Gasteiger charge is -2.12. The zero-order chi connectivity index (χ0) is 13.0. The number of thioether (sulfide) groups is 1. The Balaban J connectivity index is 3.22. The molecule has 1 heterocycles. The van der Waals surface area contributed by atoms with Crippen molar-refractivity contribution < 1.29 is 9.66 Å². The lowest BCUT2D eigenvalue weighted by Crippen LogP contribution is -2.13. The van der Waals surface area contributed by atoms with Crippen LogP contribution < -0.4 is 4.74 Å². The summed E-state index contributed by atoms with van der Waals surface area (Å²) in [6.45, 7) is 3.72. The summed E-state index contributed by atoms with van der Waals surface area (Å²) in [5.74, 6) is -0.0753. The number of nitrogens with zero attached hydrogens (tertiary/aromatic N) is 3. The molecule has 0 aliphatic heterocycles. The summed E-state index contributed by atoms with van der Waals surface area (Å²) in [6.07, 6.45) is 2.30. The number of halogens is 1. The van der Waals surface area contributed by atoms with Crippen LogP contribution in [0.4, 0.5) is 5.69 Å². The number of ether oxygens (including phenoxy) is 1. The molecule has 1 unspecified atom stereocenters. The van der Waals surface area contributed by atoms with Crippen molar-refractivity contribution >= 4 is 29.1 Å². The average Bonchev–Trinajstić information content (AvgIpc) is 2.27. The predicted octanol–water partition coefficient (Wildman–Crippen LogP) is 2.94. The Kier molecular flexibility index (Phi) is 4.95. The van der Waals surface area contributed by atoms with Gasteiger partial charge >= 0.3 is 5.69 Å². The van der Waals surface area contributed by atoms with Gasteiger partial charge in [0, 0.05) is 0 Å². The van der Waals surface area contributed by atoms with Gasteiger partial charge in [0.05, 0.1) is 11.0 Å². The largest absolute Gasteiger partial charge is 0.470 e. The normalized spacial score (nSPS) is 12.2. The maximum Gasteiger partial charge on any atom is 0.367 e. The summed E-state index contributed by atoms with van der Waals surface area (Å²) in [4.78, 5) is 18.0. The molecule has 1 aromatic heterocycles. The molecule has 17 heavy (non-hydrogen) atoms. The van der Waals surface area contributed by atoms with E-state index in [9.17, 15) is 10.1 Å². The van der Waals surface area contributed by atoms with Crippen molar-refractivity contribution in [2.75, 3.05) is 6.26 Å². The molecule has 0 fully saturated rings. The minimum atomic E-state index is -0.635. The summed E-state index contributed by atoms with van der Waals surface area (Å²) in [5, 5.41) is 11.0. The van der Waals surface area contributed by atoms with Gasteiger partial charge in [0.2, 0.25) is 5.15 Å². The van der Waals surface area contributed by atoms with E-state index in [-0.39, 0.29) is 22.8 Å². The molecule has 0 aromatic carbocycles. The molecule has 0 spiro atoms. The second-order valence-electron chi connectivity index (χ2n) is 3.25. The van der Waals surface area contributed by atoms with Gasteiger partial charge in [-0.25, -0.2) is 4.98 Å². The second-order valence-corrected chi connectivity index (χ2v) is 4.38. The summed E-state index contributed by atoms with van der Waals surface area (Å²) in [5.41, 5.74) is -0.384. The Morgan fingerprint density at radius 2 is 2.24 bits per heavy atom. The molecule has 0 N–H and O–H groups in total. The highest BCUT2D eigenvalue weighted by molar-refractivity contribution is 7.98. The van der Waals surface area contributed by atoms with Gasteiger partial charge in [-0.3, -0.25) is 10.1 Å². The fourth-order valence-corrected chi connectivity index (χ4v) is 1.63. The Morgan fingerprint density at radius 3 is 2.71 bits per heavy atom. The van der Waals surface area contributed by atoms with Crippen molar-refractivity contribution in [2.45, 2.75) is 31.5 Å². The predicted molar refractivity (Wildman–Crippen MR) is 65.9 cm³/mol. The van der Waals surface area contributed by atoms with Gasteiger partial charge in [0.15, 0.2) is 5.16 Å². The molecule has 0 radical (unpaired) electrons. The molecule has 94 valence electrons. The van der Waals surface area contributed by atoms with Crippen molar-refractivity contribution in [1.82, 2.24) is 9.97 Å². The highest BCUT2D eigenvalue weighted by Gasteiger charge is 2.26. The highest BCUT2D eigenvalue weighted by atomic mass is 35.5. The highest BCUT2D eigenvalue weighted by Crippen LogP contribution is 2.33. The van der Waals surface area contributed by atoms with Gasteiger partial charge in [0.1, 0.15) is 0 Å². The van der Waals surface area contributed by atoms with Crippen LogP contribution in [0.5, 0.6) is 5.88 Å². The summed E-state index contributed by atoms with van der Waals surface area (Å²) < 4.78 is 5.39. The number of aromatic nitrogens is 2. The molecule has 8 heteroatoms. The van der Waals surface area contributed by atoms with Crippen molar-refractivity contribution in [3.05, 3.63) is 15.3 Å². The fourth-order valence-electron chi connectivity index (χ4n) is 0.991. The molecule has 6 nitrogen and oxygen atoms in total. The first kappa shape index (κ1) is 14.0. The number of nitro groups is 1. The second kappa shape index (κ2) is 6.02. The molecular weight excluding hydrogens is 266 g/mol. The van der Waals surface area contributed by atoms with Gasteiger partial charge in [-0.15, -0.1) is 0 Å². The molecule has 1 rings (SSSR count). The standard InChI is InChI=1S/C9H12ClN3O3S/c1-4-5(2)16-8-6(13(14)15)7(10)11-9(12-8)17-3/h5H,4H2,1-3H3. The Morgan fingerprint density at radius 1 is 1.59 bits per heavy atom. The first-order chi connectivity index (χ1) is 7.99. The van der Waals surface area contributed by atoms with Crippen LogP contribution in [0.15, 0.2) is 5.16 Å². The van der Waals surface area contributed by atoms with Crippen LogP contribution in [0.25, 0.3) is 0 Å². The molecule has 0 aliphatic rings. The van der Waals surface area contributed by atoms with Gasteiger partial charge in [-0.2, -0.15) is 4.98 Å². The van der Waals surface area contributed by atoms with Gasteiger partial charge in [-0.1, -0.05) is 30.3 Å². The third-order valence-corrected chi connectivity index (χ3v) is 2.85. The van der Waals surface area contributed by atoms with Gasteiger partial charge < -0.3 is 4.74 Å². The van der Waals surface area contributed by atoms with E-state index in [2.05, 4.69) is 9.97 Å². The summed E-state index contributed by atoms with van der Waals surface area (Å²) in [7, 11) is 0. The van der Waals surface area contributed by atoms with Crippen LogP contribution in [0.1, 0.15) is 20.3 Å². The van der Waals surface area contributed by atoms with Crippen LogP contribution in [0.2, 0.25) is 5.15 Å². The summed E-state index contributed by atoms with van der Waals surface area (Å²) >= 11 is 6.99. The maximum absolute atomic E-state index is 10.9. The molecule has 0 saturated heterocycles. The maximum atomic E-state index is 10.9. The van der Waals surface area contributed by atoms with E-state index in [1.807, 2.05) is 6.92 Å². The molecule has 0 bridgehead atoms. The van der Waals surface area contributed by atoms with E-state index >= 15 is 0 Å². The van der Waals surface area contributed by atoms with E-state index < -0.39 is 4.92 Å². The monoisotopic (exact) mass is 277 g/mol. The number of hydrogen-bond donors (Lipinski definition) is 0. The molecule has 1 aromatic rings. The van der Waals surface area contributed by atoms with E-state index in [1.54, 1.807) is 13.2 Å². The van der Waals surface area contributed by atoms with Crippen LogP contribution in [-0.4, -0.2) is 27.3 Å². The van der Waals surface area contributed by atoms with Gasteiger partial charge in [-0.05, 0) is 19.6 Å². The van der Waals surface area contributed by atoms with Crippen LogP contribution in [0.3, 0.4) is 0 Å². The van der Waals surface area contributed by atoms with E-state index in [1.165, 1.54) is 11.8 Å². The molecule has 0 amide bonds. The topological polar surface area (TPSA) is 78.2 Å². The number of rotatable bonds is 5. The Labute approximate surface area is 108 Å². The lowest BCUT2D eigenvalue weighted by molar-refractivity contribution is -0.386. The smallest absolute Gasteiger partial charge is 0.367 e. The average molecular weight is 278 g/mol. The van der Waals surface area contributed by atoms with E-state index in [4.69, 9.17) is 16.3 Å². The SMILES string of the molecule is CCC(C)Oc1nc(SC)nc(Cl)c1[N+](=O)[O-]. The first-order valence-corrected chi connectivity index (χ1v) is 6.52. The minimum Gasteiger partial charge on any atom is -0.470 e. The van der Waals surface area contributed by atoms with Crippen molar-refractivity contribution in [3.8, 4) is 5.88 Å². The van der Waals surface area contributed by atoms with Gasteiger partial charge in [0.25, 0.3) is 5.88 Å². The van der Waals surface area contributed by atoms with Crippen LogP contribution >= 0.6 is 23.4 Å². The van der Waals surface area contributed by atoms with Crippen molar-refractivity contribution in [2.24, 2.45) is 0 Å². The van der Waals surface area contributed by atoms with Crippen molar-refractivity contribution in [1.29, 1.82) is 0 Å². The molecule has 0 saturated carbocycles. The fraction of sp³-hybridized carbons (Fsp3) is 0.556. The molecular formula is C9H12ClN3O3S. The first-order valence-electron chi connectivity index (χ1n) is 4.92. The zero-order valence-electron chi connectivity index (χ0n) is 9.64.